The van der Waals surface area contributed by atoms with Gasteiger partial charge in [0.25, 0.3) is 0 Å². The standard InChI is InChI=1S/C14H19N3S/c1-4-7-16-14(12-6-9-18-10(12)2)13-5-8-15-11(3)17-13/h5-6,8-9,14,16H,4,7H2,1-3H3. The summed E-state index contributed by atoms with van der Waals surface area (Å²) in [7, 11) is 0. The van der Waals surface area contributed by atoms with Crippen molar-refractivity contribution in [2.75, 3.05) is 6.54 Å². The largest absolute Gasteiger partial charge is 0.305 e. The molecule has 0 aromatic carbocycles. The van der Waals surface area contributed by atoms with Gasteiger partial charge in [-0.2, -0.15) is 0 Å². The summed E-state index contributed by atoms with van der Waals surface area (Å²) in [5.74, 6) is 0.823. The highest BCUT2D eigenvalue weighted by Gasteiger charge is 2.17. The molecule has 2 aromatic rings. The van der Waals surface area contributed by atoms with Crippen LogP contribution < -0.4 is 5.32 Å². The van der Waals surface area contributed by atoms with Crippen molar-refractivity contribution in [3.8, 4) is 0 Å². The first-order valence-electron chi connectivity index (χ1n) is 6.29. The molecular weight excluding hydrogens is 242 g/mol. The zero-order valence-electron chi connectivity index (χ0n) is 11.1. The number of hydrogen-bond acceptors (Lipinski definition) is 4. The molecule has 0 aliphatic rings. The summed E-state index contributed by atoms with van der Waals surface area (Å²) in [5.41, 5.74) is 2.38. The van der Waals surface area contributed by atoms with Crippen LogP contribution in [0.25, 0.3) is 0 Å². The summed E-state index contributed by atoms with van der Waals surface area (Å²) in [6.45, 7) is 7.26. The van der Waals surface area contributed by atoms with E-state index in [-0.39, 0.29) is 6.04 Å². The molecule has 0 saturated heterocycles. The highest BCUT2D eigenvalue weighted by atomic mass is 32.1. The average Bonchev–Trinajstić information content (AvgIpc) is 2.77. The van der Waals surface area contributed by atoms with Gasteiger partial charge in [-0.1, -0.05) is 6.92 Å². The summed E-state index contributed by atoms with van der Waals surface area (Å²) >= 11 is 1.78. The van der Waals surface area contributed by atoms with Crippen molar-refractivity contribution in [2.45, 2.75) is 33.2 Å². The molecule has 0 amide bonds. The van der Waals surface area contributed by atoms with Crippen LogP contribution in [0, 0.1) is 13.8 Å². The fourth-order valence-electron chi connectivity index (χ4n) is 1.99. The SMILES string of the molecule is CCCNC(c1ccnc(C)n1)c1ccsc1C. The lowest BCUT2D eigenvalue weighted by molar-refractivity contribution is 0.583. The topological polar surface area (TPSA) is 37.8 Å². The minimum absolute atomic E-state index is 0.179. The fourth-order valence-corrected chi connectivity index (χ4v) is 2.73. The van der Waals surface area contributed by atoms with E-state index in [1.807, 2.05) is 19.2 Å². The lowest BCUT2D eigenvalue weighted by Crippen LogP contribution is -2.24. The van der Waals surface area contributed by atoms with E-state index in [0.29, 0.717) is 0 Å². The average molecular weight is 261 g/mol. The monoisotopic (exact) mass is 261 g/mol. The number of aromatic nitrogens is 2. The highest BCUT2D eigenvalue weighted by molar-refractivity contribution is 7.10. The molecule has 0 aliphatic heterocycles. The minimum atomic E-state index is 0.179. The maximum atomic E-state index is 4.55. The molecule has 1 atom stereocenters. The maximum absolute atomic E-state index is 4.55. The Morgan fingerprint density at radius 3 is 2.78 bits per heavy atom. The third-order valence-corrected chi connectivity index (χ3v) is 3.76. The van der Waals surface area contributed by atoms with E-state index in [0.717, 1.165) is 24.5 Å². The van der Waals surface area contributed by atoms with Crippen LogP contribution in [0.4, 0.5) is 0 Å². The van der Waals surface area contributed by atoms with E-state index in [4.69, 9.17) is 0 Å². The predicted molar refractivity (Wildman–Crippen MR) is 76.0 cm³/mol. The molecule has 2 rings (SSSR count). The predicted octanol–water partition coefficient (Wildman–Crippen LogP) is 3.24. The zero-order valence-corrected chi connectivity index (χ0v) is 11.9. The summed E-state index contributed by atoms with van der Waals surface area (Å²) in [6, 6.07) is 4.36. The van der Waals surface area contributed by atoms with Gasteiger partial charge in [0.05, 0.1) is 11.7 Å². The van der Waals surface area contributed by atoms with Gasteiger partial charge in [-0.15, -0.1) is 11.3 Å². The van der Waals surface area contributed by atoms with Gasteiger partial charge in [0.15, 0.2) is 0 Å². The fraction of sp³-hybridized carbons (Fsp3) is 0.429. The van der Waals surface area contributed by atoms with Gasteiger partial charge in [-0.25, -0.2) is 9.97 Å². The van der Waals surface area contributed by atoms with Crippen LogP contribution in [0.2, 0.25) is 0 Å². The molecule has 2 heterocycles. The van der Waals surface area contributed by atoms with Crippen LogP contribution in [0.15, 0.2) is 23.7 Å². The van der Waals surface area contributed by atoms with Crippen molar-refractivity contribution < 1.29 is 0 Å². The van der Waals surface area contributed by atoms with Crippen LogP contribution in [-0.2, 0) is 0 Å². The minimum Gasteiger partial charge on any atom is -0.305 e. The van der Waals surface area contributed by atoms with Gasteiger partial charge >= 0.3 is 0 Å². The Kier molecular flexibility index (Phi) is 4.44. The second-order valence-electron chi connectivity index (χ2n) is 4.35. The van der Waals surface area contributed by atoms with Crippen molar-refractivity contribution in [1.82, 2.24) is 15.3 Å². The first-order valence-corrected chi connectivity index (χ1v) is 7.17. The van der Waals surface area contributed by atoms with Gasteiger partial charge < -0.3 is 5.32 Å². The second kappa shape index (κ2) is 6.07. The second-order valence-corrected chi connectivity index (χ2v) is 5.47. The summed E-state index contributed by atoms with van der Waals surface area (Å²) in [5, 5.41) is 5.71. The molecule has 3 nitrogen and oxygen atoms in total. The molecule has 2 aromatic heterocycles. The van der Waals surface area contributed by atoms with Gasteiger partial charge in [0.1, 0.15) is 5.82 Å². The van der Waals surface area contributed by atoms with Gasteiger partial charge in [0, 0.05) is 11.1 Å². The summed E-state index contributed by atoms with van der Waals surface area (Å²) in [6.07, 6.45) is 2.95. The molecule has 0 radical (unpaired) electrons. The molecule has 0 aliphatic carbocycles. The van der Waals surface area contributed by atoms with Crippen LogP contribution in [-0.4, -0.2) is 16.5 Å². The normalized spacial score (nSPS) is 12.6. The van der Waals surface area contributed by atoms with Gasteiger partial charge in [-0.3, -0.25) is 0 Å². The molecule has 0 saturated carbocycles. The van der Waals surface area contributed by atoms with Crippen LogP contribution in [0.1, 0.15) is 41.3 Å². The Bertz CT molecular complexity index is 507. The Morgan fingerprint density at radius 2 is 2.17 bits per heavy atom. The molecule has 0 fully saturated rings. The van der Waals surface area contributed by atoms with Crippen LogP contribution >= 0.6 is 11.3 Å². The maximum Gasteiger partial charge on any atom is 0.125 e. The Labute approximate surface area is 112 Å². The van der Waals surface area contributed by atoms with Crippen molar-refractivity contribution in [3.63, 3.8) is 0 Å². The number of rotatable bonds is 5. The van der Waals surface area contributed by atoms with E-state index in [1.165, 1.54) is 10.4 Å². The lowest BCUT2D eigenvalue weighted by atomic mass is 10.0. The van der Waals surface area contributed by atoms with E-state index in [2.05, 4.69) is 40.6 Å². The zero-order chi connectivity index (χ0) is 13.0. The Morgan fingerprint density at radius 1 is 1.33 bits per heavy atom. The molecule has 0 bridgehead atoms. The molecule has 18 heavy (non-hydrogen) atoms. The van der Waals surface area contributed by atoms with Crippen LogP contribution in [0.3, 0.4) is 0 Å². The van der Waals surface area contributed by atoms with E-state index < -0.39 is 0 Å². The molecule has 0 spiro atoms. The molecule has 1 unspecified atom stereocenters. The van der Waals surface area contributed by atoms with Gasteiger partial charge in [-0.05, 0) is 49.9 Å². The quantitative estimate of drug-likeness (QED) is 0.898. The molecule has 96 valence electrons. The molecule has 4 heteroatoms. The van der Waals surface area contributed by atoms with E-state index in [1.54, 1.807) is 11.3 Å². The third kappa shape index (κ3) is 2.94. The van der Waals surface area contributed by atoms with Crippen molar-refractivity contribution in [3.05, 3.63) is 45.7 Å². The Hall–Kier alpha value is -1.26. The number of thiophene rings is 1. The molecular formula is C14H19N3S. The number of nitrogens with zero attached hydrogens (tertiary/aromatic N) is 2. The van der Waals surface area contributed by atoms with E-state index in [9.17, 15) is 0 Å². The Balaban J connectivity index is 2.33. The summed E-state index contributed by atoms with van der Waals surface area (Å²) < 4.78 is 0. The van der Waals surface area contributed by atoms with Crippen LogP contribution in [0.5, 0.6) is 0 Å². The smallest absolute Gasteiger partial charge is 0.125 e. The van der Waals surface area contributed by atoms with Crippen molar-refractivity contribution >= 4 is 11.3 Å². The number of aryl methyl sites for hydroxylation is 2. The molecule has 1 N–H and O–H groups in total. The first kappa shape index (κ1) is 13.2. The third-order valence-electron chi connectivity index (χ3n) is 2.90. The summed E-state index contributed by atoms with van der Waals surface area (Å²) in [4.78, 5) is 10.1. The van der Waals surface area contributed by atoms with E-state index >= 15 is 0 Å². The number of hydrogen-bond donors (Lipinski definition) is 1. The first-order chi connectivity index (χ1) is 8.72. The van der Waals surface area contributed by atoms with Crippen molar-refractivity contribution in [2.24, 2.45) is 0 Å². The lowest BCUT2D eigenvalue weighted by Gasteiger charge is -2.18. The number of nitrogens with one attached hydrogen (secondary N) is 1. The van der Waals surface area contributed by atoms with Crippen molar-refractivity contribution in [1.29, 1.82) is 0 Å². The van der Waals surface area contributed by atoms with Gasteiger partial charge in [0.2, 0.25) is 0 Å². The highest BCUT2D eigenvalue weighted by Crippen LogP contribution is 2.27.